The molecule has 0 saturated carbocycles. The van der Waals surface area contributed by atoms with E-state index in [0.717, 1.165) is 0 Å². The van der Waals surface area contributed by atoms with Crippen LogP contribution >= 0.6 is 0 Å². The van der Waals surface area contributed by atoms with Crippen LogP contribution < -0.4 is 5.73 Å². The Hall–Kier alpha value is -1.10. The second-order valence-electron chi connectivity index (χ2n) is 4.63. The molecule has 0 aliphatic rings. The second-order valence-corrected chi connectivity index (χ2v) is 4.63. The van der Waals surface area contributed by atoms with Gasteiger partial charge in [-0.3, -0.25) is 9.59 Å². The van der Waals surface area contributed by atoms with Gasteiger partial charge in [0.2, 0.25) is 5.91 Å². The van der Waals surface area contributed by atoms with Gasteiger partial charge in [0.15, 0.2) is 0 Å². The highest BCUT2D eigenvalue weighted by Crippen LogP contribution is 2.09. The first-order valence-corrected chi connectivity index (χ1v) is 4.82. The molecule has 88 valence electrons. The van der Waals surface area contributed by atoms with Crippen molar-refractivity contribution in [2.45, 2.75) is 38.8 Å². The highest BCUT2D eigenvalue weighted by Gasteiger charge is 2.24. The lowest BCUT2D eigenvalue weighted by Crippen LogP contribution is -2.40. The van der Waals surface area contributed by atoms with E-state index in [1.165, 1.54) is 4.90 Å². The Morgan fingerprint density at radius 1 is 1.33 bits per heavy atom. The van der Waals surface area contributed by atoms with Crippen molar-refractivity contribution in [3.63, 3.8) is 0 Å². The summed E-state index contributed by atoms with van der Waals surface area (Å²) in [6.07, 6.45) is -0.0259. The molecule has 0 radical (unpaired) electrons. The average molecular weight is 216 g/mol. The largest absolute Gasteiger partial charge is 0.459 e. The third-order valence-electron chi connectivity index (χ3n) is 1.60. The minimum absolute atomic E-state index is 0.0259. The van der Waals surface area contributed by atoms with Crippen LogP contribution in [0.2, 0.25) is 0 Å². The summed E-state index contributed by atoms with van der Waals surface area (Å²) >= 11 is 0. The minimum atomic E-state index is -0.890. The maximum absolute atomic E-state index is 11.4. The molecule has 0 unspecified atom stereocenters. The molecule has 2 N–H and O–H groups in total. The van der Waals surface area contributed by atoms with Gasteiger partial charge >= 0.3 is 5.97 Å². The Bertz CT molecular complexity index is 244. The molecule has 5 heteroatoms. The molecule has 0 fully saturated rings. The lowest BCUT2D eigenvalue weighted by Gasteiger charge is -2.22. The molecule has 0 bridgehead atoms. The summed E-state index contributed by atoms with van der Waals surface area (Å²) in [5, 5.41) is 0. The highest BCUT2D eigenvalue weighted by molar-refractivity contribution is 5.85. The molecule has 0 aromatic carbocycles. The normalized spacial score (nSPS) is 13.2. The van der Waals surface area contributed by atoms with E-state index in [1.807, 2.05) is 0 Å². The van der Waals surface area contributed by atoms with E-state index in [9.17, 15) is 9.59 Å². The zero-order valence-electron chi connectivity index (χ0n) is 10.0. The predicted molar refractivity (Wildman–Crippen MR) is 57.1 cm³/mol. The number of carbonyl (C=O) groups excluding carboxylic acids is 2. The number of amides is 1. The van der Waals surface area contributed by atoms with E-state index in [2.05, 4.69) is 0 Å². The topological polar surface area (TPSA) is 72.6 Å². The van der Waals surface area contributed by atoms with Crippen LogP contribution in [-0.2, 0) is 14.3 Å². The smallest absolute Gasteiger partial charge is 0.323 e. The van der Waals surface area contributed by atoms with E-state index in [0.29, 0.717) is 0 Å². The van der Waals surface area contributed by atoms with Crippen LogP contribution in [0, 0.1) is 0 Å². The van der Waals surface area contributed by atoms with Crippen molar-refractivity contribution >= 4 is 11.9 Å². The van der Waals surface area contributed by atoms with Crippen molar-refractivity contribution < 1.29 is 14.3 Å². The zero-order chi connectivity index (χ0) is 12.2. The fraction of sp³-hybridized carbons (Fsp3) is 0.800. The molecule has 0 spiro atoms. The summed E-state index contributed by atoms with van der Waals surface area (Å²) in [6, 6.07) is -0.890. The molecule has 0 saturated heterocycles. The molecule has 0 aliphatic carbocycles. The van der Waals surface area contributed by atoms with E-state index in [-0.39, 0.29) is 12.3 Å². The van der Waals surface area contributed by atoms with E-state index in [4.69, 9.17) is 10.5 Å². The van der Waals surface area contributed by atoms with E-state index < -0.39 is 17.6 Å². The number of nitrogens with two attached hydrogens (primary N) is 1. The first-order valence-electron chi connectivity index (χ1n) is 4.82. The van der Waals surface area contributed by atoms with Gasteiger partial charge in [-0.2, -0.15) is 0 Å². The zero-order valence-corrected chi connectivity index (χ0v) is 10.0. The van der Waals surface area contributed by atoms with Gasteiger partial charge in [0.05, 0.1) is 6.42 Å². The number of carbonyl (C=O) groups is 2. The van der Waals surface area contributed by atoms with Crippen LogP contribution in [0.3, 0.4) is 0 Å². The summed E-state index contributed by atoms with van der Waals surface area (Å²) in [5.41, 5.74) is 4.97. The molecule has 15 heavy (non-hydrogen) atoms. The maximum atomic E-state index is 11.4. The number of rotatable bonds is 3. The lowest BCUT2D eigenvalue weighted by atomic mass is 10.1. The van der Waals surface area contributed by atoms with Gasteiger partial charge in [-0.15, -0.1) is 0 Å². The molecule has 0 rings (SSSR count). The summed E-state index contributed by atoms with van der Waals surface area (Å²) in [5.74, 6) is -0.731. The molecule has 5 nitrogen and oxygen atoms in total. The van der Waals surface area contributed by atoms with Crippen molar-refractivity contribution in [1.29, 1.82) is 0 Å². The second kappa shape index (κ2) is 5.11. The Kier molecular flexibility index (Phi) is 4.74. The molecular formula is C10H20N2O3. The third-order valence-corrected chi connectivity index (χ3v) is 1.60. The van der Waals surface area contributed by atoms with Gasteiger partial charge < -0.3 is 15.4 Å². The number of nitrogens with zero attached hydrogens (tertiary/aromatic N) is 1. The molecule has 0 aliphatic heterocycles. The molecule has 1 atom stereocenters. The van der Waals surface area contributed by atoms with Crippen LogP contribution in [-0.4, -0.2) is 42.5 Å². The van der Waals surface area contributed by atoms with Crippen molar-refractivity contribution in [2.75, 3.05) is 14.1 Å². The van der Waals surface area contributed by atoms with Gasteiger partial charge in [-0.05, 0) is 20.8 Å². The monoisotopic (exact) mass is 216 g/mol. The minimum Gasteiger partial charge on any atom is -0.459 e. The Morgan fingerprint density at radius 3 is 2.13 bits per heavy atom. The summed E-state index contributed by atoms with van der Waals surface area (Å²) in [7, 11) is 3.23. The maximum Gasteiger partial charge on any atom is 0.323 e. The quantitative estimate of drug-likeness (QED) is 0.681. The van der Waals surface area contributed by atoms with Gasteiger partial charge in [-0.1, -0.05) is 0 Å². The van der Waals surface area contributed by atoms with Crippen molar-refractivity contribution in [3.05, 3.63) is 0 Å². The number of esters is 1. The number of ether oxygens (including phenoxy) is 1. The van der Waals surface area contributed by atoms with Gasteiger partial charge in [-0.25, -0.2) is 0 Å². The van der Waals surface area contributed by atoms with Crippen LogP contribution in [0.1, 0.15) is 27.2 Å². The number of hydrogen-bond donors (Lipinski definition) is 1. The first kappa shape index (κ1) is 13.9. The Labute approximate surface area is 90.6 Å². The molecule has 1 amide bonds. The summed E-state index contributed by atoms with van der Waals surface area (Å²) in [4.78, 5) is 24.1. The molecule has 0 aromatic heterocycles. The SMILES string of the molecule is CN(C)C(=O)C[C@H](N)C(=O)OC(C)(C)C. The lowest BCUT2D eigenvalue weighted by molar-refractivity contribution is -0.157. The van der Waals surface area contributed by atoms with Crippen molar-refractivity contribution in [1.82, 2.24) is 4.90 Å². The fourth-order valence-electron chi connectivity index (χ4n) is 0.831. The van der Waals surface area contributed by atoms with Crippen LogP contribution in [0.5, 0.6) is 0 Å². The van der Waals surface area contributed by atoms with Crippen LogP contribution in [0.15, 0.2) is 0 Å². The van der Waals surface area contributed by atoms with Crippen LogP contribution in [0.4, 0.5) is 0 Å². The van der Waals surface area contributed by atoms with Crippen molar-refractivity contribution in [2.24, 2.45) is 5.73 Å². The Morgan fingerprint density at radius 2 is 1.80 bits per heavy atom. The van der Waals surface area contributed by atoms with Gasteiger partial charge in [0, 0.05) is 14.1 Å². The fourth-order valence-corrected chi connectivity index (χ4v) is 0.831. The third kappa shape index (κ3) is 6.06. The predicted octanol–water partition coefficient (Wildman–Crippen LogP) is 0.134. The van der Waals surface area contributed by atoms with Crippen LogP contribution in [0.25, 0.3) is 0 Å². The molecule has 0 heterocycles. The highest BCUT2D eigenvalue weighted by atomic mass is 16.6. The number of hydrogen-bond acceptors (Lipinski definition) is 4. The summed E-state index contributed by atoms with van der Waals surface area (Å²) < 4.78 is 5.05. The van der Waals surface area contributed by atoms with E-state index >= 15 is 0 Å². The first-order chi connectivity index (χ1) is 6.63. The standard InChI is InChI=1S/C10H20N2O3/c1-10(2,3)15-9(14)7(11)6-8(13)12(4)5/h7H,6,11H2,1-5H3/t7-/m0/s1. The van der Waals surface area contributed by atoms with Gasteiger partial charge in [0.1, 0.15) is 11.6 Å². The summed E-state index contributed by atoms with van der Waals surface area (Å²) in [6.45, 7) is 5.27. The Balaban J connectivity index is 4.17. The molecule has 0 aromatic rings. The average Bonchev–Trinajstić information content (AvgIpc) is 2.00. The van der Waals surface area contributed by atoms with Gasteiger partial charge in [0.25, 0.3) is 0 Å². The molecular weight excluding hydrogens is 196 g/mol. The van der Waals surface area contributed by atoms with E-state index in [1.54, 1.807) is 34.9 Å². The van der Waals surface area contributed by atoms with Crippen molar-refractivity contribution in [3.8, 4) is 0 Å².